The summed E-state index contributed by atoms with van der Waals surface area (Å²) < 4.78 is 30.5. The standard InChI is InChI=1S/C26H45NO6S.2H2O/c1-16(4-7-23(30)27-12-13-34(31,32)33)19-5-6-20-24-21(9-11-26(19,20)3)25(2)10-8-18(28)14-17(25)15-22(24)29;;/h16-22,24,28-29H,4-15H2,1-3H3,(H,27,30)(H,31,32,33);2*1H2. The summed E-state index contributed by atoms with van der Waals surface area (Å²) in [6.07, 6.45) is 8.87. The smallest absolute Gasteiger partial charge is 0.266 e. The molecule has 0 radical (unpaired) electrons. The van der Waals surface area contributed by atoms with Crippen LogP contribution in [-0.2, 0) is 14.9 Å². The average molecular weight is 536 g/mol. The Morgan fingerprint density at radius 2 is 1.64 bits per heavy atom. The van der Waals surface area contributed by atoms with E-state index in [4.69, 9.17) is 4.55 Å². The summed E-state index contributed by atoms with van der Waals surface area (Å²) in [4.78, 5) is 12.2. The SMILES string of the molecule is CC(CCC(=O)NCCS(=O)(=O)O)C1CCC2C3C(O)CC4CC(O)CCC4(C)C3CCC12C.O.O. The first-order chi connectivity index (χ1) is 15.8. The van der Waals surface area contributed by atoms with Crippen LogP contribution in [-0.4, -0.2) is 64.5 Å². The molecule has 36 heavy (non-hydrogen) atoms. The highest BCUT2D eigenvalue weighted by atomic mass is 32.2. The summed E-state index contributed by atoms with van der Waals surface area (Å²) in [6, 6.07) is 0. The van der Waals surface area contributed by atoms with Crippen molar-refractivity contribution < 1.29 is 38.9 Å². The molecular weight excluding hydrogens is 486 g/mol. The molecule has 0 saturated heterocycles. The van der Waals surface area contributed by atoms with Crippen LogP contribution in [0.15, 0.2) is 0 Å². The summed E-state index contributed by atoms with van der Waals surface area (Å²) in [5, 5.41) is 24.2. The molecule has 4 aliphatic rings. The fourth-order valence-corrected chi connectivity index (χ4v) is 9.50. The quantitative estimate of drug-likeness (QED) is 0.359. The molecule has 4 rings (SSSR count). The fraction of sp³-hybridized carbons (Fsp3) is 0.962. The van der Waals surface area contributed by atoms with Crippen molar-refractivity contribution in [1.82, 2.24) is 5.32 Å². The van der Waals surface area contributed by atoms with Gasteiger partial charge in [0, 0.05) is 13.0 Å². The Balaban J connectivity index is 0.00000228. The van der Waals surface area contributed by atoms with Gasteiger partial charge in [0.25, 0.3) is 10.1 Å². The predicted octanol–water partition coefficient (Wildman–Crippen LogP) is 1.75. The molecule has 4 aliphatic carbocycles. The topological polar surface area (TPSA) is 187 Å². The maximum absolute atomic E-state index is 12.2. The van der Waals surface area contributed by atoms with Crippen LogP contribution in [0.25, 0.3) is 0 Å². The van der Waals surface area contributed by atoms with Crippen molar-refractivity contribution in [3.63, 3.8) is 0 Å². The van der Waals surface area contributed by atoms with Crippen LogP contribution in [0.3, 0.4) is 0 Å². The maximum Gasteiger partial charge on any atom is 0.266 e. The molecule has 10 heteroatoms. The highest BCUT2D eigenvalue weighted by Crippen LogP contribution is 2.68. The minimum absolute atomic E-state index is 0. The number of aliphatic hydroxyl groups excluding tert-OH is 2. The summed E-state index contributed by atoms with van der Waals surface area (Å²) in [6.45, 7) is 7.05. The van der Waals surface area contributed by atoms with E-state index in [9.17, 15) is 23.4 Å². The van der Waals surface area contributed by atoms with Gasteiger partial charge in [-0.05, 0) is 104 Å². The van der Waals surface area contributed by atoms with Crippen LogP contribution in [0.4, 0.5) is 0 Å². The fourth-order valence-electron chi connectivity index (χ4n) is 9.14. The third kappa shape index (κ3) is 5.94. The lowest BCUT2D eigenvalue weighted by Gasteiger charge is -2.62. The molecule has 10 unspecified atom stereocenters. The summed E-state index contributed by atoms with van der Waals surface area (Å²) >= 11 is 0. The van der Waals surface area contributed by atoms with E-state index in [1.807, 2.05) is 0 Å². The Kier molecular flexibility index (Phi) is 10.1. The van der Waals surface area contributed by atoms with Crippen LogP contribution in [0.1, 0.15) is 85.0 Å². The number of hydrogen-bond acceptors (Lipinski definition) is 5. The molecule has 0 heterocycles. The lowest BCUT2D eigenvalue weighted by atomic mass is 9.43. The normalized spacial score (nSPS) is 42.6. The van der Waals surface area contributed by atoms with Crippen LogP contribution >= 0.6 is 0 Å². The lowest BCUT2D eigenvalue weighted by Crippen LogP contribution is -2.58. The molecule has 0 aromatic carbocycles. The Labute approximate surface area is 216 Å². The molecule has 0 aromatic heterocycles. The van der Waals surface area contributed by atoms with E-state index in [1.165, 1.54) is 6.42 Å². The van der Waals surface area contributed by atoms with Gasteiger partial charge in [-0.15, -0.1) is 0 Å². The van der Waals surface area contributed by atoms with Crippen molar-refractivity contribution in [3.8, 4) is 0 Å². The monoisotopic (exact) mass is 535 g/mol. The zero-order chi connectivity index (χ0) is 24.9. The second-order valence-electron chi connectivity index (χ2n) is 12.6. The Bertz CT molecular complexity index is 868. The Morgan fingerprint density at radius 3 is 2.31 bits per heavy atom. The number of nitrogens with one attached hydrogen (secondary N) is 1. The molecule has 0 aliphatic heterocycles. The molecule has 9 nitrogen and oxygen atoms in total. The molecule has 1 amide bonds. The van der Waals surface area contributed by atoms with Gasteiger partial charge in [0.1, 0.15) is 0 Å². The minimum Gasteiger partial charge on any atom is -0.412 e. The van der Waals surface area contributed by atoms with Gasteiger partial charge in [0.05, 0.1) is 18.0 Å². The van der Waals surface area contributed by atoms with Crippen molar-refractivity contribution in [3.05, 3.63) is 0 Å². The van der Waals surface area contributed by atoms with Crippen molar-refractivity contribution in [2.24, 2.45) is 46.3 Å². The predicted molar refractivity (Wildman–Crippen MR) is 138 cm³/mol. The first kappa shape index (κ1) is 31.4. The van der Waals surface area contributed by atoms with E-state index in [0.29, 0.717) is 41.9 Å². The number of rotatable bonds is 7. The molecule has 8 N–H and O–H groups in total. The highest BCUT2D eigenvalue weighted by Gasteiger charge is 2.62. The largest absolute Gasteiger partial charge is 0.412 e. The maximum atomic E-state index is 12.2. The zero-order valence-corrected chi connectivity index (χ0v) is 22.9. The summed E-state index contributed by atoms with van der Waals surface area (Å²) in [5.74, 6) is 2.10. The van der Waals surface area contributed by atoms with Gasteiger partial charge >= 0.3 is 0 Å². The molecule has 10 atom stereocenters. The van der Waals surface area contributed by atoms with Gasteiger partial charge in [-0.2, -0.15) is 8.42 Å². The molecule has 0 aromatic rings. The van der Waals surface area contributed by atoms with E-state index in [1.54, 1.807) is 0 Å². The van der Waals surface area contributed by atoms with E-state index in [2.05, 4.69) is 26.1 Å². The third-order valence-electron chi connectivity index (χ3n) is 10.9. The molecular formula is C26H49NO8S. The van der Waals surface area contributed by atoms with Crippen LogP contribution in [0, 0.1) is 46.3 Å². The van der Waals surface area contributed by atoms with Gasteiger partial charge in [-0.1, -0.05) is 20.8 Å². The van der Waals surface area contributed by atoms with Crippen LogP contribution in [0.5, 0.6) is 0 Å². The van der Waals surface area contributed by atoms with E-state index in [0.717, 1.165) is 51.4 Å². The van der Waals surface area contributed by atoms with E-state index < -0.39 is 15.9 Å². The van der Waals surface area contributed by atoms with Crippen LogP contribution < -0.4 is 5.32 Å². The van der Waals surface area contributed by atoms with Crippen LogP contribution in [0.2, 0.25) is 0 Å². The van der Waals surface area contributed by atoms with Crippen molar-refractivity contribution in [2.75, 3.05) is 12.3 Å². The van der Waals surface area contributed by atoms with E-state index >= 15 is 0 Å². The zero-order valence-electron chi connectivity index (χ0n) is 22.1. The highest BCUT2D eigenvalue weighted by molar-refractivity contribution is 7.85. The Morgan fingerprint density at radius 1 is 1.00 bits per heavy atom. The summed E-state index contributed by atoms with van der Waals surface area (Å²) in [7, 11) is -4.06. The van der Waals surface area contributed by atoms with Gasteiger partial charge in [0.2, 0.25) is 5.91 Å². The second kappa shape index (κ2) is 11.5. The second-order valence-corrected chi connectivity index (χ2v) is 14.2. The average Bonchev–Trinajstić information content (AvgIpc) is 3.09. The van der Waals surface area contributed by atoms with Crippen molar-refractivity contribution in [1.29, 1.82) is 0 Å². The molecule has 4 saturated carbocycles. The first-order valence-electron chi connectivity index (χ1n) is 13.4. The minimum atomic E-state index is -4.06. The first-order valence-corrected chi connectivity index (χ1v) is 15.0. The molecule has 4 fully saturated rings. The van der Waals surface area contributed by atoms with Crippen molar-refractivity contribution in [2.45, 2.75) is 97.2 Å². The summed E-state index contributed by atoms with van der Waals surface area (Å²) in [5.41, 5.74) is 0.411. The number of fused-ring (bicyclic) bond motifs is 5. The van der Waals surface area contributed by atoms with E-state index in [-0.39, 0.29) is 46.4 Å². The van der Waals surface area contributed by atoms with Gasteiger partial charge in [-0.3, -0.25) is 9.35 Å². The number of hydrogen-bond donors (Lipinski definition) is 4. The number of carbonyl (C=O) groups excluding carboxylic acids is 1. The Hall–Kier alpha value is -0.780. The van der Waals surface area contributed by atoms with Gasteiger partial charge in [0.15, 0.2) is 0 Å². The molecule has 0 spiro atoms. The third-order valence-corrected chi connectivity index (χ3v) is 11.6. The van der Waals surface area contributed by atoms with Gasteiger partial charge < -0.3 is 26.5 Å². The lowest BCUT2D eigenvalue weighted by molar-refractivity contribution is -0.174. The molecule has 0 bridgehead atoms. The number of amides is 1. The van der Waals surface area contributed by atoms with Crippen molar-refractivity contribution >= 4 is 16.0 Å². The number of aliphatic hydroxyl groups is 2. The van der Waals surface area contributed by atoms with Gasteiger partial charge in [-0.25, -0.2) is 0 Å². The number of carbonyl (C=O) groups is 1. The molecule has 212 valence electrons.